The zero-order chi connectivity index (χ0) is 15.7. The van der Waals surface area contributed by atoms with Gasteiger partial charge in [0.05, 0.1) is 19.9 Å². The van der Waals surface area contributed by atoms with E-state index in [0.29, 0.717) is 23.0 Å². The van der Waals surface area contributed by atoms with Gasteiger partial charge in [0.1, 0.15) is 0 Å². The number of fused-ring (bicyclic) bond motifs is 1. The Kier molecular flexibility index (Phi) is 3.94. The second-order valence-corrected chi connectivity index (χ2v) is 5.51. The Morgan fingerprint density at radius 2 is 1.77 bits per heavy atom. The molecule has 0 amide bonds. The summed E-state index contributed by atoms with van der Waals surface area (Å²) in [5.41, 5.74) is 10.6. The topological polar surface area (TPSA) is 56.8 Å². The maximum atomic E-state index is 6.11. The van der Waals surface area contributed by atoms with Crippen molar-refractivity contribution in [1.29, 1.82) is 0 Å². The van der Waals surface area contributed by atoms with Crippen molar-refractivity contribution in [1.82, 2.24) is 0 Å². The number of nitrogen functional groups attached to an aromatic ring is 1. The lowest BCUT2D eigenvalue weighted by molar-refractivity contribution is 0.354. The van der Waals surface area contributed by atoms with Gasteiger partial charge in [0.15, 0.2) is 11.5 Å². The van der Waals surface area contributed by atoms with Crippen molar-refractivity contribution in [3.8, 4) is 11.5 Å². The monoisotopic (exact) mass is 316 g/mol. The van der Waals surface area contributed by atoms with Gasteiger partial charge in [0, 0.05) is 28.4 Å². The van der Waals surface area contributed by atoms with E-state index in [1.165, 1.54) is 5.56 Å². The van der Waals surface area contributed by atoms with E-state index in [1.807, 2.05) is 18.2 Å². The molecule has 0 atom stereocenters. The predicted molar refractivity (Wildman–Crippen MR) is 89.6 cm³/mol. The van der Waals surface area contributed by atoms with Gasteiger partial charge in [-0.2, -0.15) is 0 Å². The first-order chi connectivity index (χ1) is 10.6. The maximum Gasteiger partial charge on any atom is 0.161 e. The van der Waals surface area contributed by atoms with Crippen molar-refractivity contribution in [3.63, 3.8) is 0 Å². The van der Waals surface area contributed by atoms with Crippen LogP contribution in [0, 0.1) is 0 Å². The highest BCUT2D eigenvalue weighted by Gasteiger charge is 2.21. The van der Waals surface area contributed by atoms with Gasteiger partial charge < -0.3 is 15.2 Å². The number of anilines is 1. The molecule has 2 N–H and O–H groups in total. The lowest BCUT2D eigenvalue weighted by atomic mass is 9.92. The molecule has 0 aromatic heterocycles. The molecule has 0 unspecified atom stereocenters. The molecule has 0 fully saturated rings. The van der Waals surface area contributed by atoms with Crippen molar-refractivity contribution in [3.05, 3.63) is 52.0 Å². The standard InChI is InChI=1S/C17H17ClN2O2/c1-21-15-7-10-5-6-20-17(12(10)9-16(15)22-2)13-8-11(18)3-4-14(13)19/h3-4,7-9H,5-6,19H2,1-2H3. The van der Waals surface area contributed by atoms with Crippen molar-refractivity contribution in [2.24, 2.45) is 4.99 Å². The van der Waals surface area contributed by atoms with Gasteiger partial charge in [0.2, 0.25) is 0 Å². The minimum Gasteiger partial charge on any atom is -0.493 e. The summed E-state index contributed by atoms with van der Waals surface area (Å²) in [5, 5.41) is 0.638. The van der Waals surface area contributed by atoms with E-state index in [2.05, 4.69) is 4.99 Å². The predicted octanol–water partition coefficient (Wildman–Crippen LogP) is 3.33. The summed E-state index contributed by atoms with van der Waals surface area (Å²) in [6.07, 6.45) is 0.861. The van der Waals surface area contributed by atoms with Crippen LogP contribution in [0.15, 0.2) is 35.3 Å². The van der Waals surface area contributed by atoms with Crippen molar-refractivity contribution in [2.45, 2.75) is 6.42 Å². The molecular weight excluding hydrogens is 300 g/mol. The summed E-state index contributed by atoms with van der Waals surface area (Å²) in [5.74, 6) is 1.40. The highest BCUT2D eigenvalue weighted by Crippen LogP contribution is 2.34. The molecule has 0 aliphatic carbocycles. The number of hydrogen-bond acceptors (Lipinski definition) is 4. The second kappa shape index (κ2) is 5.89. The third kappa shape index (κ3) is 2.50. The largest absolute Gasteiger partial charge is 0.493 e. The van der Waals surface area contributed by atoms with Crippen molar-refractivity contribution >= 4 is 23.0 Å². The average molecular weight is 317 g/mol. The molecule has 22 heavy (non-hydrogen) atoms. The molecule has 1 heterocycles. The van der Waals surface area contributed by atoms with Crippen LogP contribution < -0.4 is 15.2 Å². The van der Waals surface area contributed by atoms with Crippen LogP contribution in [-0.4, -0.2) is 26.5 Å². The van der Waals surface area contributed by atoms with Gasteiger partial charge in [-0.05, 0) is 42.3 Å². The number of nitrogens with two attached hydrogens (primary N) is 1. The number of benzene rings is 2. The zero-order valence-electron chi connectivity index (χ0n) is 12.5. The quantitative estimate of drug-likeness (QED) is 0.884. The molecule has 2 aromatic carbocycles. The molecule has 2 aromatic rings. The number of aliphatic imine (C=N–C) groups is 1. The number of nitrogens with zero attached hydrogens (tertiary/aromatic N) is 1. The minimum absolute atomic E-state index is 0.638. The third-order valence-corrected chi connectivity index (χ3v) is 4.02. The smallest absolute Gasteiger partial charge is 0.161 e. The average Bonchev–Trinajstić information content (AvgIpc) is 2.55. The Hall–Kier alpha value is -2.20. The summed E-state index contributed by atoms with van der Waals surface area (Å²) in [7, 11) is 3.26. The van der Waals surface area contributed by atoms with Gasteiger partial charge in [0.25, 0.3) is 0 Å². The van der Waals surface area contributed by atoms with E-state index in [-0.39, 0.29) is 0 Å². The fraction of sp³-hybridized carbons (Fsp3) is 0.235. The number of halogens is 1. The van der Waals surface area contributed by atoms with E-state index >= 15 is 0 Å². The summed E-state index contributed by atoms with van der Waals surface area (Å²) < 4.78 is 10.8. The molecule has 1 aliphatic rings. The van der Waals surface area contributed by atoms with E-state index in [1.54, 1.807) is 26.4 Å². The Morgan fingerprint density at radius 1 is 1.05 bits per heavy atom. The second-order valence-electron chi connectivity index (χ2n) is 5.08. The molecule has 4 nitrogen and oxygen atoms in total. The number of ether oxygens (including phenoxy) is 2. The summed E-state index contributed by atoms with van der Waals surface area (Å²) in [6.45, 7) is 0.712. The highest BCUT2D eigenvalue weighted by atomic mass is 35.5. The maximum absolute atomic E-state index is 6.11. The molecule has 0 radical (unpaired) electrons. The third-order valence-electron chi connectivity index (χ3n) is 3.79. The number of rotatable bonds is 3. The Bertz CT molecular complexity index is 757. The van der Waals surface area contributed by atoms with Gasteiger partial charge in [-0.25, -0.2) is 0 Å². The fourth-order valence-corrected chi connectivity index (χ4v) is 2.86. The van der Waals surface area contributed by atoms with Crippen LogP contribution in [0.25, 0.3) is 0 Å². The molecule has 1 aliphatic heterocycles. The lowest BCUT2D eigenvalue weighted by Gasteiger charge is -2.21. The molecule has 114 valence electrons. The van der Waals surface area contributed by atoms with Crippen LogP contribution in [0.1, 0.15) is 16.7 Å². The number of hydrogen-bond donors (Lipinski definition) is 1. The molecular formula is C17H17ClN2O2. The molecule has 0 spiro atoms. The molecule has 5 heteroatoms. The van der Waals surface area contributed by atoms with Gasteiger partial charge in [-0.1, -0.05) is 11.6 Å². The van der Waals surface area contributed by atoms with Gasteiger partial charge >= 0.3 is 0 Å². The van der Waals surface area contributed by atoms with Crippen LogP contribution in [0.2, 0.25) is 5.02 Å². The fourth-order valence-electron chi connectivity index (χ4n) is 2.69. The normalized spacial score (nSPS) is 13.3. The van der Waals surface area contributed by atoms with Gasteiger partial charge in [-0.15, -0.1) is 0 Å². The molecule has 0 saturated heterocycles. The van der Waals surface area contributed by atoms with Crippen LogP contribution in [-0.2, 0) is 6.42 Å². The first-order valence-electron chi connectivity index (χ1n) is 6.99. The lowest BCUT2D eigenvalue weighted by Crippen LogP contribution is -2.16. The number of methoxy groups -OCH3 is 2. The molecule has 0 saturated carbocycles. The Balaban J connectivity index is 2.17. The van der Waals surface area contributed by atoms with Crippen LogP contribution in [0.5, 0.6) is 11.5 Å². The van der Waals surface area contributed by atoms with Gasteiger partial charge in [-0.3, -0.25) is 4.99 Å². The highest BCUT2D eigenvalue weighted by molar-refractivity contribution is 6.31. The Labute approximate surface area is 134 Å². The molecule has 3 rings (SSSR count). The van der Waals surface area contributed by atoms with Crippen LogP contribution >= 0.6 is 11.6 Å². The summed E-state index contributed by atoms with van der Waals surface area (Å²) >= 11 is 6.11. The van der Waals surface area contributed by atoms with E-state index in [9.17, 15) is 0 Å². The summed E-state index contributed by atoms with van der Waals surface area (Å²) in [4.78, 5) is 4.66. The Morgan fingerprint density at radius 3 is 2.50 bits per heavy atom. The van der Waals surface area contributed by atoms with E-state index < -0.39 is 0 Å². The van der Waals surface area contributed by atoms with Crippen molar-refractivity contribution < 1.29 is 9.47 Å². The minimum atomic E-state index is 0.638. The summed E-state index contributed by atoms with van der Waals surface area (Å²) in [6, 6.07) is 9.38. The van der Waals surface area contributed by atoms with Crippen LogP contribution in [0.3, 0.4) is 0 Å². The van der Waals surface area contributed by atoms with E-state index in [0.717, 1.165) is 29.0 Å². The van der Waals surface area contributed by atoms with E-state index in [4.69, 9.17) is 26.8 Å². The van der Waals surface area contributed by atoms with Crippen LogP contribution in [0.4, 0.5) is 5.69 Å². The first kappa shape index (κ1) is 14.7. The molecule has 0 bridgehead atoms. The first-order valence-corrected chi connectivity index (χ1v) is 7.37. The van der Waals surface area contributed by atoms with Crippen molar-refractivity contribution in [2.75, 3.05) is 26.5 Å². The SMILES string of the molecule is COc1cc2c(cc1OC)C(c1cc(Cl)ccc1N)=NCC2. The zero-order valence-corrected chi connectivity index (χ0v) is 13.3.